The molecule has 4 rings (SSSR count). The fourth-order valence-corrected chi connectivity index (χ4v) is 18.0. The van der Waals surface area contributed by atoms with Crippen LogP contribution in [0.4, 0.5) is 0 Å². The summed E-state index contributed by atoms with van der Waals surface area (Å²) in [7, 11) is 0.988. The molecule has 4 aromatic carbocycles. The third-order valence-electron chi connectivity index (χ3n) is 19.0. The lowest BCUT2D eigenvalue weighted by Gasteiger charge is -2.50. The van der Waals surface area contributed by atoms with Crippen LogP contribution in [0.2, 0.25) is 41.3 Å². The van der Waals surface area contributed by atoms with E-state index in [1.807, 2.05) is 106 Å². The molecular formula is C73H116O15Si3. The average Bonchev–Trinajstić information content (AvgIpc) is 0.750. The molecule has 0 unspecified atom stereocenters. The molecule has 0 aromatic heterocycles. The highest BCUT2D eigenvalue weighted by atomic mass is 28.4. The molecule has 0 aliphatic carbocycles. The molecule has 9 atom stereocenters. The maximum Gasteiger partial charge on any atom is 0.337 e. The van der Waals surface area contributed by atoms with Crippen molar-refractivity contribution in [1.82, 2.24) is 0 Å². The van der Waals surface area contributed by atoms with Crippen LogP contribution < -0.4 is 19.8 Å². The first-order valence-electron chi connectivity index (χ1n) is 32.3. The van der Waals surface area contributed by atoms with Gasteiger partial charge in [0.05, 0.1) is 77.3 Å². The minimum atomic E-state index is -3.40. The van der Waals surface area contributed by atoms with Gasteiger partial charge in [0.15, 0.2) is 22.7 Å². The number of esters is 1. The van der Waals surface area contributed by atoms with Crippen molar-refractivity contribution >= 4 is 47.1 Å². The second-order valence-electron chi connectivity index (χ2n) is 28.9. The molecule has 0 saturated heterocycles. The van der Waals surface area contributed by atoms with Crippen LogP contribution >= 0.6 is 0 Å². The van der Waals surface area contributed by atoms with Crippen molar-refractivity contribution in [2.75, 3.05) is 56.1 Å². The van der Waals surface area contributed by atoms with Crippen LogP contribution in [0.5, 0.6) is 11.5 Å². The molecule has 4 aromatic rings. The minimum absolute atomic E-state index is 0.00964. The van der Waals surface area contributed by atoms with Crippen molar-refractivity contribution in [3.05, 3.63) is 132 Å². The number of carbonyl (C=O) groups excluding carboxylic acids is 2. The van der Waals surface area contributed by atoms with E-state index >= 15 is 4.79 Å². The Labute approximate surface area is 551 Å². The fourth-order valence-electron chi connectivity index (χ4n) is 11.0. The van der Waals surface area contributed by atoms with Gasteiger partial charge in [0.2, 0.25) is 0 Å². The highest BCUT2D eigenvalue weighted by Gasteiger charge is 2.55. The summed E-state index contributed by atoms with van der Waals surface area (Å²) in [6.07, 6.45) is -4.21. The first-order chi connectivity index (χ1) is 42.6. The smallest absolute Gasteiger partial charge is 0.337 e. The molecule has 18 heteroatoms. The van der Waals surface area contributed by atoms with E-state index in [0.717, 1.165) is 39.2 Å². The number of rotatable bonds is 39. The summed E-state index contributed by atoms with van der Waals surface area (Å²) < 4.78 is 77.6. The van der Waals surface area contributed by atoms with Crippen molar-refractivity contribution in [1.29, 1.82) is 0 Å². The lowest BCUT2D eigenvalue weighted by Crippen LogP contribution is -2.68. The van der Waals surface area contributed by atoms with E-state index < -0.39 is 90.2 Å². The second-order valence-corrected chi connectivity index (χ2v) is 42.8. The zero-order valence-corrected chi connectivity index (χ0v) is 62.7. The third-order valence-corrected chi connectivity index (χ3v) is 33.1. The minimum Gasteiger partial charge on any atom is -0.497 e. The standard InChI is InChI=1S/C73H116O15Si3/c1-24-53(50-86-89(20,21)70(3,4)5)43-52(2)62(83-48-54-35-39-57(78-15)40-36-54)44-56(74)45-65(75)73(12,13)68(84-49-55-37-41-58(79-16)42-38-55)66(88-90(22,23)71(6,7)8)63(80-17)46-59(47-64(81-18)67(69(76)82-19)85-51-77-14)87-91(72(9,10)11,60-31-27-25-28-32-60)61-33-29-26-30-34-61/h25-43,53,59,62-68,75H,24,44-51H2,1-23H3/b52-43-/t53-,59-,62+,63-,64-,65+,66-,67+,68-/m1/s1. The molecule has 0 bridgehead atoms. The van der Waals surface area contributed by atoms with Gasteiger partial charge in [-0.1, -0.05) is 174 Å². The molecule has 0 heterocycles. The maximum absolute atomic E-state index is 15.0. The van der Waals surface area contributed by atoms with Crippen LogP contribution in [-0.4, -0.2) is 147 Å². The number of aliphatic hydroxyl groups excluding tert-OH is 1. The Morgan fingerprint density at radius 2 is 1.07 bits per heavy atom. The fraction of sp³-hybridized carbons (Fsp3) is 0.616. The molecule has 510 valence electrons. The summed E-state index contributed by atoms with van der Waals surface area (Å²) in [5.41, 5.74) is 1.49. The maximum atomic E-state index is 15.0. The Morgan fingerprint density at radius 1 is 0.582 bits per heavy atom. The van der Waals surface area contributed by atoms with Gasteiger partial charge in [-0.2, -0.15) is 0 Å². The van der Waals surface area contributed by atoms with Gasteiger partial charge in [-0.3, -0.25) is 4.79 Å². The molecular weight excluding hydrogens is 1200 g/mol. The van der Waals surface area contributed by atoms with Crippen LogP contribution in [0.15, 0.2) is 121 Å². The molecule has 0 aliphatic heterocycles. The number of hydrogen-bond donors (Lipinski definition) is 1. The van der Waals surface area contributed by atoms with Crippen LogP contribution in [0, 0.1) is 11.3 Å². The molecule has 0 spiro atoms. The first kappa shape index (κ1) is 79.1. The third kappa shape index (κ3) is 22.1. The quantitative estimate of drug-likeness (QED) is 0.0194. The highest BCUT2D eigenvalue weighted by Crippen LogP contribution is 2.45. The lowest BCUT2D eigenvalue weighted by atomic mass is 9.74. The van der Waals surface area contributed by atoms with E-state index in [2.05, 4.69) is 126 Å². The van der Waals surface area contributed by atoms with Crippen LogP contribution in [0.25, 0.3) is 0 Å². The Balaban J connectivity index is 1.97. The summed E-state index contributed by atoms with van der Waals surface area (Å²) in [6.45, 7) is 37.6. The predicted octanol–water partition coefficient (Wildman–Crippen LogP) is 14.2. The van der Waals surface area contributed by atoms with E-state index in [0.29, 0.717) is 12.4 Å². The number of Topliss-reactive ketones (excluding diaryl/α,β-unsaturated/α-hetero) is 1. The normalized spacial score (nSPS) is 16.2. The SMILES string of the molecule is CC[C@H](/C=C(/C)[C@H](CC(=O)C[C@H](O)C(C)(C)[C@H](OCc1ccc(OC)cc1)[C@H](O[Si](C)(C)C(C)(C)C)[C@@H](C[C@H](C[C@@H](OC)[C@H](OCOC)C(=O)OC)O[Si](c1ccccc1)(c1ccccc1)C(C)(C)C)OC)OCc1ccc(OC)cc1)CO[Si](C)(C)C(C)(C)C. The number of hydrogen-bond acceptors (Lipinski definition) is 15. The van der Waals surface area contributed by atoms with Crippen molar-refractivity contribution in [3.8, 4) is 11.5 Å². The average molecular weight is 1320 g/mol. The largest absolute Gasteiger partial charge is 0.497 e. The van der Waals surface area contributed by atoms with Gasteiger partial charge < -0.3 is 61.0 Å². The Bertz CT molecular complexity index is 2750. The Morgan fingerprint density at radius 3 is 1.49 bits per heavy atom. The van der Waals surface area contributed by atoms with E-state index in [1.54, 1.807) is 28.4 Å². The zero-order chi connectivity index (χ0) is 68.2. The van der Waals surface area contributed by atoms with Gasteiger partial charge in [-0.15, -0.1) is 0 Å². The molecule has 0 amide bonds. The zero-order valence-electron chi connectivity index (χ0n) is 59.7. The van der Waals surface area contributed by atoms with Gasteiger partial charge in [0.1, 0.15) is 24.1 Å². The molecule has 0 saturated carbocycles. The number of ether oxygens (including phenoxy) is 9. The predicted molar refractivity (Wildman–Crippen MR) is 372 cm³/mol. The van der Waals surface area contributed by atoms with Crippen LogP contribution in [-0.2, 0) is 69.2 Å². The molecule has 91 heavy (non-hydrogen) atoms. The highest BCUT2D eigenvalue weighted by molar-refractivity contribution is 6.99. The van der Waals surface area contributed by atoms with E-state index in [-0.39, 0.29) is 67.5 Å². The molecule has 15 nitrogen and oxygen atoms in total. The Kier molecular flexibility index (Phi) is 30.7. The summed E-state index contributed by atoms with van der Waals surface area (Å²) in [4.78, 5) is 28.8. The molecule has 0 fully saturated rings. The number of carbonyl (C=O) groups is 2. The topological polar surface area (TPSA) is 165 Å². The summed E-state index contributed by atoms with van der Waals surface area (Å²) in [5, 5.41) is 14.4. The number of methoxy groups -OCH3 is 6. The van der Waals surface area contributed by atoms with Crippen LogP contribution in [0.3, 0.4) is 0 Å². The summed E-state index contributed by atoms with van der Waals surface area (Å²) >= 11 is 0. The van der Waals surface area contributed by atoms with Crippen molar-refractivity contribution in [2.24, 2.45) is 11.3 Å². The van der Waals surface area contributed by atoms with Crippen molar-refractivity contribution < 1.29 is 70.6 Å². The second kappa shape index (κ2) is 35.4. The van der Waals surface area contributed by atoms with Crippen LogP contribution in [0.1, 0.15) is 133 Å². The van der Waals surface area contributed by atoms with Crippen molar-refractivity contribution in [2.45, 2.75) is 225 Å². The molecule has 1 N–H and O–H groups in total. The van der Waals surface area contributed by atoms with Gasteiger partial charge in [-0.05, 0) is 112 Å². The van der Waals surface area contributed by atoms with E-state index in [1.165, 1.54) is 14.2 Å². The number of aliphatic hydroxyl groups is 1. The monoisotopic (exact) mass is 1320 g/mol. The lowest BCUT2D eigenvalue weighted by molar-refractivity contribution is -0.180. The van der Waals surface area contributed by atoms with Gasteiger partial charge in [0, 0.05) is 59.0 Å². The van der Waals surface area contributed by atoms with Gasteiger partial charge in [-0.25, -0.2) is 4.79 Å². The van der Waals surface area contributed by atoms with Gasteiger partial charge in [0.25, 0.3) is 8.32 Å². The van der Waals surface area contributed by atoms with E-state index in [9.17, 15) is 9.90 Å². The summed E-state index contributed by atoms with van der Waals surface area (Å²) in [6, 6.07) is 36.1. The number of benzene rings is 4. The number of ketones is 1. The van der Waals surface area contributed by atoms with Crippen molar-refractivity contribution in [3.63, 3.8) is 0 Å². The summed E-state index contributed by atoms with van der Waals surface area (Å²) in [5.74, 6) is 0.696. The molecule has 0 aliphatic rings. The van der Waals surface area contributed by atoms with Gasteiger partial charge >= 0.3 is 5.97 Å². The first-order valence-corrected chi connectivity index (χ1v) is 40.0. The Hall–Kier alpha value is -4.39. The van der Waals surface area contributed by atoms with E-state index in [4.69, 9.17) is 55.9 Å². The molecule has 0 radical (unpaired) electrons.